The number of piperidine rings is 3. The first kappa shape index (κ1) is 27.3. The smallest absolute Gasteiger partial charge is 0.255 e. The Morgan fingerprint density at radius 3 is 2.69 bits per heavy atom. The maximum atomic E-state index is 15.1. The number of fused-ring (bicyclic) bond motifs is 3. The van der Waals surface area contributed by atoms with Crippen molar-refractivity contribution in [3.05, 3.63) is 24.0 Å². The zero-order chi connectivity index (χ0) is 27.7. The number of nitriles is 1. The van der Waals surface area contributed by atoms with Gasteiger partial charge in [-0.05, 0) is 63.0 Å². The minimum atomic E-state index is -3.09. The minimum Gasteiger partial charge on any atom is -0.372 e. The monoisotopic (exact) mass is 542 g/mol. The van der Waals surface area contributed by atoms with Crippen molar-refractivity contribution < 1.29 is 23.2 Å². The minimum absolute atomic E-state index is 0.103. The number of anilines is 1. The second-order valence-electron chi connectivity index (χ2n) is 11.7. The van der Waals surface area contributed by atoms with Gasteiger partial charge in [-0.2, -0.15) is 5.26 Å². The molecule has 2 aliphatic carbocycles. The highest BCUT2D eigenvalue weighted by Crippen LogP contribution is 2.49. The quantitative estimate of drug-likeness (QED) is 0.440. The first-order valence-electron chi connectivity index (χ1n) is 14.0. The third-order valence-electron chi connectivity index (χ3n) is 8.63. The van der Waals surface area contributed by atoms with E-state index < -0.39 is 54.3 Å². The number of carbonyl (C=O) groups excluding carboxylic acids is 3. The van der Waals surface area contributed by atoms with Gasteiger partial charge in [-0.3, -0.25) is 19.4 Å². The van der Waals surface area contributed by atoms with Crippen LogP contribution in [0.2, 0.25) is 0 Å². The van der Waals surface area contributed by atoms with Crippen LogP contribution in [-0.2, 0) is 14.4 Å². The van der Waals surface area contributed by atoms with Gasteiger partial charge in [0.1, 0.15) is 18.1 Å². The number of aryl methyl sites for hydroxylation is 1. The van der Waals surface area contributed by atoms with Gasteiger partial charge in [-0.1, -0.05) is 12.8 Å². The van der Waals surface area contributed by atoms with Crippen molar-refractivity contribution >= 4 is 23.4 Å². The number of aromatic nitrogens is 1. The van der Waals surface area contributed by atoms with E-state index in [0.29, 0.717) is 37.4 Å². The molecule has 2 bridgehead atoms. The maximum Gasteiger partial charge on any atom is 0.255 e. The summed E-state index contributed by atoms with van der Waals surface area (Å²) in [4.78, 5) is 45.5. The van der Waals surface area contributed by atoms with E-state index in [4.69, 9.17) is 0 Å². The number of pyridine rings is 1. The molecule has 2 saturated carbocycles. The molecule has 11 heteroatoms. The largest absolute Gasteiger partial charge is 0.372 e. The van der Waals surface area contributed by atoms with Crippen molar-refractivity contribution in [2.45, 2.75) is 94.8 Å². The summed E-state index contributed by atoms with van der Waals surface area (Å²) in [6, 6.07) is 0.0543. The number of rotatable bonds is 9. The summed E-state index contributed by atoms with van der Waals surface area (Å²) in [5.41, 5.74) is 1.58. The van der Waals surface area contributed by atoms with Gasteiger partial charge < -0.3 is 20.9 Å². The SMILES string of the molecule is Cc1cncc(N[C@H](CC2CC2)C(=O)N2[C@@H]3CC[C@H]([C@@H]2C(=O)N[C@H](C#N)C[C@H]2CCCNC2=O)C(F)(F)C3)c1. The fourth-order valence-electron chi connectivity index (χ4n) is 6.49. The van der Waals surface area contributed by atoms with Gasteiger partial charge in [0.2, 0.25) is 17.7 Å². The molecule has 6 rings (SSSR count). The molecule has 3 N–H and O–H groups in total. The molecule has 1 aromatic heterocycles. The first-order chi connectivity index (χ1) is 18.7. The Hall–Kier alpha value is -3.29. The third-order valence-corrected chi connectivity index (χ3v) is 8.63. The van der Waals surface area contributed by atoms with Crippen LogP contribution in [0.3, 0.4) is 0 Å². The van der Waals surface area contributed by atoms with Crippen molar-refractivity contribution in [3.63, 3.8) is 0 Å². The molecule has 39 heavy (non-hydrogen) atoms. The molecule has 9 nitrogen and oxygen atoms in total. The Morgan fingerprint density at radius 1 is 1.23 bits per heavy atom. The normalized spacial score (nSPS) is 29.1. The lowest BCUT2D eigenvalue weighted by Gasteiger charge is -2.54. The summed E-state index contributed by atoms with van der Waals surface area (Å²) in [5, 5.41) is 18.4. The second-order valence-corrected chi connectivity index (χ2v) is 11.7. The van der Waals surface area contributed by atoms with Crippen LogP contribution in [0.15, 0.2) is 18.5 Å². The number of halogens is 2. The predicted octanol–water partition coefficient (Wildman–Crippen LogP) is 2.91. The van der Waals surface area contributed by atoms with E-state index in [0.717, 1.165) is 24.8 Å². The average Bonchev–Trinajstić information content (AvgIpc) is 3.72. The summed E-state index contributed by atoms with van der Waals surface area (Å²) in [7, 11) is 0. The summed E-state index contributed by atoms with van der Waals surface area (Å²) < 4.78 is 30.3. The summed E-state index contributed by atoms with van der Waals surface area (Å²) in [6.45, 7) is 2.47. The highest BCUT2D eigenvalue weighted by Gasteiger charge is 2.61. The number of nitrogens with zero attached hydrogens (tertiary/aromatic N) is 3. The standard InChI is InChI=1S/C28H36F2N6O3/c1-16-9-20(15-32-14-16)34-23(10-17-4-5-17)27(39)36-21-6-7-22(28(29,30)12-21)24(36)26(38)35-19(13-31)11-18-3-2-8-33-25(18)37/h9,14-15,17-19,21-24,34H,2-8,10-12H2,1H3,(H,33,37)(H,35,38)/t18-,19+,21-,22-,23-,24-/m1/s1. The fourth-order valence-corrected chi connectivity index (χ4v) is 6.49. The van der Waals surface area contributed by atoms with E-state index in [1.165, 1.54) is 4.90 Å². The number of hydrogen-bond acceptors (Lipinski definition) is 6. The van der Waals surface area contributed by atoms with Crippen molar-refractivity contribution in [3.8, 4) is 6.07 Å². The molecule has 4 heterocycles. The zero-order valence-electron chi connectivity index (χ0n) is 22.2. The molecule has 0 radical (unpaired) electrons. The van der Waals surface area contributed by atoms with Crippen LogP contribution < -0.4 is 16.0 Å². The summed E-state index contributed by atoms with van der Waals surface area (Å²) >= 11 is 0. The summed E-state index contributed by atoms with van der Waals surface area (Å²) in [6.07, 6.45) is 7.42. The molecular weight excluding hydrogens is 506 g/mol. The average molecular weight is 543 g/mol. The van der Waals surface area contributed by atoms with E-state index in [1.807, 2.05) is 19.1 Å². The lowest BCUT2D eigenvalue weighted by molar-refractivity contribution is -0.194. The lowest BCUT2D eigenvalue weighted by Crippen LogP contribution is -2.70. The highest BCUT2D eigenvalue weighted by atomic mass is 19.3. The van der Waals surface area contributed by atoms with E-state index in [-0.39, 0.29) is 24.7 Å². The number of nitrogens with one attached hydrogen (secondary N) is 3. The van der Waals surface area contributed by atoms with E-state index in [2.05, 4.69) is 20.9 Å². The number of amides is 3. The Kier molecular flexibility index (Phi) is 7.74. The topological polar surface area (TPSA) is 127 Å². The van der Waals surface area contributed by atoms with Gasteiger partial charge in [0.05, 0.1) is 17.7 Å². The molecule has 3 saturated heterocycles. The van der Waals surface area contributed by atoms with E-state index >= 15 is 8.78 Å². The second kappa shape index (κ2) is 11.1. The van der Waals surface area contributed by atoms with Crippen LogP contribution in [0.25, 0.3) is 0 Å². The van der Waals surface area contributed by atoms with Gasteiger partial charge in [-0.25, -0.2) is 8.78 Å². The third kappa shape index (κ3) is 5.99. The molecule has 6 atom stereocenters. The molecule has 0 unspecified atom stereocenters. The molecule has 0 aromatic carbocycles. The number of hydrogen-bond donors (Lipinski definition) is 3. The van der Waals surface area contributed by atoms with Crippen molar-refractivity contribution in [2.24, 2.45) is 17.8 Å². The van der Waals surface area contributed by atoms with Gasteiger partial charge >= 0.3 is 0 Å². The maximum absolute atomic E-state index is 15.1. The van der Waals surface area contributed by atoms with Crippen molar-refractivity contribution in [2.75, 3.05) is 11.9 Å². The van der Waals surface area contributed by atoms with Crippen LogP contribution >= 0.6 is 0 Å². The molecule has 5 fully saturated rings. The van der Waals surface area contributed by atoms with Crippen molar-refractivity contribution in [1.82, 2.24) is 20.5 Å². The van der Waals surface area contributed by atoms with E-state index in [9.17, 15) is 19.6 Å². The molecule has 210 valence electrons. The van der Waals surface area contributed by atoms with Crippen LogP contribution in [0.1, 0.15) is 63.4 Å². The van der Waals surface area contributed by atoms with Gasteiger partial charge in [0.15, 0.2) is 0 Å². The Labute approximate surface area is 227 Å². The number of alkyl halides is 2. The van der Waals surface area contributed by atoms with Crippen LogP contribution in [0, 0.1) is 36.0 Å². The molecular formula is C28H36F2N6O3. The fraction of sp³-hybridized carbons (Fsp3) is 0.679. The Bertz CT molecular complexity index is 1150. The molecule has 3 amide bonds. The first-order valence-corrected chi connectivity index (χ1v) is 14.0. The molecule has 3 aliphatic heterocycles. The van der Waals surface area contributed by atoms with Gasteiger partial charge in [0.25, 0.3) is 5.92 Å². The molecule has 5 aliphatic rings. The highest BCUT2D eigenvalue weighted by molar-refractivity contribution is 5.92. The van der Waals surface area contributed by atoms with Crippen LogP contribution in [-0.4, -0.2) is 64.2 Å². The molecule has 1 aromatic rings. The van der Waals surface area contributed by atoms with Crippen LogP contribution in [0.5, 0.6) is 0 Å². The zero-order valence-corrected chi connectivity index (χ0v) is 22.2. The predicted molar refractivity (Wildman–Crippen MR) is 138 cm³/mol. The molecule has 0 spiro atoms. The van der Waals surface area contributed by atoms with Crippen LogP contribution in [0.4, 0.5) is 14.5 Å². The number of carbonyl (C=O) groups is 3. The summed E-state index contributed by atoms with van der Waals surface area (Å²) in [5.74, 6) is -5.77. The van der Waals surface area contributed by atoms with Gasteiger partial charge in [0, 0.05) is 37.3 Å². The van der Waals surface area contributed by atoms with Gasteiger partial charge in [-0.15, -0.1) is 0 Å². The van der Waals surface area contributed by atoms with E-state index in [1.54, 1.807) is 12.4 Å². The lowest BCUT2D eigenvalue weighted by atomic mass is 9.71. The Morgan fingerprint density at radius 2 is 2.03 bits per heavy atom. The Balaban J connectivity index is 1.38. The van der Waals surface area contributed by atoms with Crippen molar-refractivity contribution in [1.29, 1.82) is 5.26 Å².